The highest BCUT2D eigenvalue weighted by atomic mass is 16.5. The van der Waals surface area contributed by atoms with Crippen molar-refractivity contribution in [3.8, 4) is 5.75 Å². The average molecular weight is 208 g/mol. The Balaban J connectivity index is 3.34. The maximum Gasteiger partial charge on any atom is 0.341 e. The van der Waals surface area contributed by atoms with Crippen molar-refractivity contribution < 1.29 is 19.1 Å². The van der Waals surface area contributed by atoms with Gasteiger partial charge in [-0.15, -0.1) is 0 Å². The molecule has 0 aliphatic heterocycles. The van der Waals surface area contributed by atoms with E-state index in [-0.39, 0.29) is 5.56 Å². The standard InChI is InChI=1S/C11H12O4/c1-7-4-10(14-2)9(11(13)15-3)5-8(7)6-12/h4-6H,1-3H3. The number of rotatable bonds is 3. The molecule has 15 heavy (non-hydrogen) atoms. The predicted octanol–water partition coefficient (Wildman–Crippen LogP) is 1.60. The monoisotopic (exact) mass is 208 g/mol. The summed E-state index contributed by atoms with van der Waals surface area (Å²) >= 11 is 0. The summed E-state index contributed by atoms with van der Waals surface area (Å²) in [6, 6.07) is 3.10. The Hall–Kier alpha value is -1.84. The third-order valence-electron chi connectivity index (χ3n) is 2.12. The zero-order valence-electron chi connectivity index (χ0n) is 8.87. The number of carbonyl (C=O) groups excluding carboxylic acids is 2. The normalized spacial score (nSPS) is 9.53. The van der Waals surface area contributed by atoms with E-state index in [1.54, 1.807) is 13.0 Å². The molecule has 0 aromatic heterocycles. The van der Waals surface area contributed by atoms with Crippen molar-refractivity contribution in [2.45, 2.75) is 6.92 Å². The minimum atomic E-state index is -0.519. The molecular formula is C11H12O4. The molecule has 0 saturated heterocycles. The van der Waals surface area contributed by atoms with Crippen molar-refractivity contribution in [3.05, 3.63) is 28.8 Å². The summed E-state index contributed by atoms with van der Waals surface area (Å²) in [4.78, 5) is 22.1. The minimum Gasteiger partial charge on any atom is -0.496 e. The molecule has 4 heteroatoms. The van der Waals surface area contributed by atoms with E-state index >= 15 is 0 Å². The molecule has 4 nitrogen and oxygen atoms in total. The lowest BCUT2D eigenvalue weighted by Gasteiger charge is -2.09. The molecule has 0 atom stereocenters. The van der Waals surface area contributed by atoms with Gasteiger partial charge in [0.05, 0.1) is 14.2 Å². The summed E-state index contributed by atoms with van der Waals surface area (Å²) in [5, 5.41) is 0. The number of aldehydes is 1. The highest BCUT2D eigenvalue weighted by molar-refractivity contribution is 5.95. The molecule has 1 rings (SSSR count). The van der Waals surface area contributed by atoms with Crippen LogP contribution in [0.2, 0.25) is 0 Å². The molecule has 0 heterocycles. The summed E-state index contributed by atoms with van der Waals surface area (Å²) in [5.41, 5.74) is 1.47. The van der Waals surface area contributed by atoms with Gasteiger partial charge in [0.25, 0.3) is 0 Å². The Morgan fingerprint density at radius 2 is 2.00 bits per heavy atom. The lowest BCUT2D eigenvalue weighted by molar-refractivity contribution is 0.0597. The van der Waals surface area contributed by atoms with Crippen molar-refractivity contribution >= 4 is 12.3 Å². The van der Waals surface area contributed by atoms with Crippen molar-refractivity contribution in [1.29, 1.82) is 0 Å². The molecule has 0 aliphatic carbocycles. The first-order valence-electron chi connectivity index (χ1n) is 4.36. The summed E-state index contributed by atoms with van der Waals surface area (Å²) in [7, 11) is 2.74. The second kappa shape index (κ2) is 4.59. The van der Waals surface area contributed by atoms with Crippen molar-refractivity contribution in [3.63, 3.8) is 0 Å². The van der Waals surface area contributed by atoms with Crippen LogP contribution in [0.1, 0.15) is 26.3 Å². The molecule has 0 aliphatic rings. The van der Waals surface area contributed by atoms with Gasteiger partial charge in [-0.2, -0.15) is 0 Å². The van der Waals surface area contributed by atoms with Gasteiger partial charge >= 0.3 is 5.97 Å². The van der Waals surface area contributed by atoms with Crippen LogP contribution in [-0.4, -0.2) is 26.5 Å². The topological polar surface area (TPSA) is 52.6 Å². The fraction of sp³-hybridized carbons (Fsp3) is 0.273. The summed E-state index contributed by atoms with van der Waals surface area (Å²) in [5.74, 6) is -0.111. The zero-order chi connectivity index (χ0) is 11.4. The van der Waals surface area contributed by atoms with Crippen LogP contribution in [0.25, 0.3) is 0 Å². The van der Waals surface area contributed by atoms with E-state index in [4.69, 9.17) is 4.74 Å². The molecule has 0 unspecified atom stereocenters. The Bertz CT molecular complexity index is 396. The number of hydrogen-bond acceptors (Lipinski definition) is 4. The van der Waals surface area contributed by atoms with Crippen LogP contribution >= 0.6 is 0 Å². The molecule has 0 saturated carbocycles. The molecule has 0 amide bonds. The van der Waals surface area contributed by atoms with Gasteiger partial charge in [-0.25, -0.2) is 4.79 Å². The Morgan fingerprint density at radius 1 is 1.33 bits per heavy atom. The van der Waals surface area contributed by atoms with Gasteiger partial charge in [0.2, 0.25) is 0 Å². The maximum atomic E-state index is 11.4. The van der Waals surface area contributed by atoms with Crippen LogP contribution in [0.15, 0.2) is 12.1 Å². The number of aryl methyl sites for hydroxylation is 1. The van der Waals surface area contributed by atoms with Gasteiger partial charge in [-0.1, -0.05) is 0 Å². The van der Waals surface area contributed by atoms with Gasteiger partial charge in [-0.3, -0.25) is 4.79 Å². The highest BCUT2D eigenvalue weighted by Crippen LogP contribution is 2.23. The lowest BCUT2D eigenvalue weighted by atomic mass is 10.0. The Labute approximate surface area is 87.8 Å². The minimum absolute atomic E-state index is 0.257. The van der Waals surface area contributed by atoms with Crippen LogP contribution in [0.3, 0.4) is 0 Å². The summed E-state index contributed by atoms with van der Waals surface area (Å²) in [6.45, 7) is 1.77. The van der Waals surface area contributed by atoms with Gasteiger partial charge in [0, 0.05) is 5.56 Å². The lowest BCUT2D eigenvalue weighted by Crippen LogP contribution is -2.05. The van der Waals surface area contributed by atoms with Crippen molar-refractivity contribution in [2.24, 2.45) is 0 Å². The molecule has 0 bridgehead atoms. The van der Waals surface area contributed by atoms with Crippen molar-refractivity contribution in [1.82, 2.24) is 0 Å². The van der Waals surface area contributed by atoms with Crippen LogP contribution in [0.5, 0.6) is 5.75 Å². The molecule has 80 valence electrons. The smallest absolute Gasteiger partial charge is 0.341 e. The fourth-order valence-corrected chi connectivity index (χ4v) is 1.26. The molecule has 1 aromatic carbocycles. The van der Waals surface area contributed by atoms with Crippen LogP contribution in [-0.2, 0) is 4.74 Å². The van der Waals surface area contributed by atoms with E-state index in [1.807, 2.05) is 0 Å². The van der Waals surface area contributed by atoms with E-state index in [0.29, 0.717) is 17.6 Å². The quantitative estimate of drug-likeness (QED) is 0.559. The first-order valence-corrected chi connectivity index (χ1v) is 4.36. The number of carbonyl (C=O) groups is 2. The van der Waals surface area contributed by atoms with E-state index in [9.17, 15) is 9.59 Å². The zero-order valence-corrected chi connectivity index (χ0v) is 8.87. The fourth-order valence-electron chi connectivity index (χ4n) is 1.26. The third kappa shape index (κ3) is 2.15. The van der Waals surface area contributed by atoms with Gasteiger partial charge in [-0.05, 0) is 24.6 Å². The second-order valence-corrected chi connectivity index (χ2v) is 3.02. The molecule has 0 spiro atoms. The third-order valence-corrected chi connectivity index (χ3v) is 2.12. The van der Waals surface area contributed by atoms with Crippen LogP contribution in [0, 0.1) is 6.92 Å². The van der Waals surface area contributed by atoms with Gasteiger partial charge < -0.3 is 9.47 Å². The second-order valence-electron chi connectivity index (χ2n) is 3.02. The number of hydrogen-bond donors (Lipinski definition) is 0. The first-order chi connectivity index (χ1) is 7.13. The summed E-state index contributed by atoms with van der Waals surface area (Å²) < 4.78 is 9.62. The molecule has 0 N–H and O–H groups in total. The Kier molecular flexibility index (Phi) is 3.44. The largest absolute Gasteiger partial charge is 0.496 e. The van der Waals surface area contributed by atoms with Gasteiger partial charge in [0.1, 0.15) is 17.6 Å². The van der Waals surface area contributed by atoms with E-state index in [1.165, 1.54) is 20.3 Å². The van der Waals surface area contributed by atoms with Crippen LogP contribution in [0.4, 0.5) is 0 Å². The van der Waals surface area contributed by atoms with E-state index in [2.05, 4.69) is 4.74 Å². The molecular weight excluding hydrogens is 196 g/mol. The molecule has 0 radical (unpaired) electrons. The highest BCUT2D eigenvalue weighted by Gasteiger charge is 2.14. The number of methoxy groups -OCH3 is 2. The maximum absolute atomic E-state index is 11.4. The summed E-state index contributed by atoms with van der Waals surface area (Å²) in [6.07, 6.45) is 0.696. The average Bonchev–Trinajstić information content (AvgIpc) is 2.27. The molecule has 1 aromatic rings. The SMILES string of the molecule is COC(=O)c1cc(C=O)c(C)cc1OC. The Morgan fingerprint density at radius 3 is 2.47 bits per heavy atom. The number of ether oxygens (including phenoxy) is 2. The number of esters is 1. The predicted molar refractivity (Wildman–Crippen MR) is 54.5 cm³/mol. The van der Waals surface area contributed by atoms with Crippen LogP contribution < -0.4 is 4.74 Å². The van der Waals surface area contributed by atoms with E-state index in [0.717, 1.165) is 5.56 Å². The van der Waals surface area contributed by atoms with Gasteiger partial charge in [0.15, 0.2) is 0 Å². The van der Waals surface area contributed by atoms with Crippen molar-refractivity contribution in [2.75, 3.05) is 14.2 Å². The van der Waals surface area contributed by atoms with E-state index < -0.39 is 5.97 Å². The first kappa shape index (κ1) is 11.2. The number of benzene rings is 1. The molecule has 0 fully saturated rings.